The Morgan fingerprint density at radius 2 is 1.88 bits per heavy atom. The van der Waals surface area contributed by atoms with Crippen molar-refractivity contribution in [1.29, 1.82) is 0 Å². The van der Waals surface area contributed by atoms with Crippen LogP contribution in [0.1, 0.15) is 19.4 Å². The average Bonchev–Trinajstić information content (AvgIpc) is 2.88. The van der Waals surface area contributed by atoms with Crippen LogP contribution >= 0.6 is 11.8 Å². The van der Waals surface area contributed by atoms with Crippen LogP contribution < -0.4 is 4.90 Å². The second-order valence-electron chi connectivity index (χ2n) is 5.78. The Labute approximate surface area is 155 Å². The van der Waals surface area contributed by atoms with Gasteiger partial charge in [0.15, 0.2) is 10.5 Å². The molecule has 0 N–H and O–H groups in total. The molecule has 0 fully saturated rings. The van der Waals surface area contributed by atoms with Crippen molar-refractivity contribution in [1.82, 2.24) is 4.98 Å². The summed E-state index contributed by atoms with van der Waals surface area (Å²) in [5.41, 5.74) is 1.22. The van der Waals surface area contributed by atoms with E-state index in [9.17, 15) is 14.4 Å². The van der Waals surface area contributed by atoms with Gasteiger partial charge in [-0.1, -0.05) is 24.3 Å². The molecule has 134 valence electrons. The van der Waals surface area contributed by atoms with Crippen molar-refractivity contribution < 1.29 is 19.1 Å². The van der Waals surface area contributed by atoms with Crippen molar-refractivity contribution in [2.45, 2.75) is 18.6 Å². The number of benzene rings is 1. The number of pyridine rings is 1. The van der Waals surface area contributed by atoms with Crippen LogP contribution in [0.3, 0.4) is 0 Å². The molecule has 1 aromatic heterocycles. The van der Waals surface area contributed by atoms with Crippen molar-refractivity contribution in [3.8, 4) is 0 Å². The number of carbonyl (C=O) groups excluding carboxylic acids is 3. The molecule has 0 saturated carbocycles. The number of hydrogen-bond acceptors (Lipinski definition) is 6. The maximum absolute atomic E-state index is 13.4. The molecule has 1 amide bonds. The lowest BCUT2D eigenvalue weighted by Gasteiger charge is -2.25. The molecule has 1 aliphatic rings. The summed E-state index contributed by atoms with van der Waals surface area (Å²) in [6.07, 6.45) is 1.60. The highest BCUT2D eigenvalue weighted by Gasteiger charge is 2.56. The molecule has 2 aromatic rings. The smallest absolute Gasteiger partial charge is 0.302 e. The molecule has 1 unspecified atom stereocenters. The molecule has 1 aromatic carbocycles. The SMILES string of the molecule is CC(=O)OCCSC1(C(C)=O)C(=O)N(c2ccccc2)c2ncccc21. The van der Waals surface area contributed by atoms with Crippen molar-refractivity contribution in [3.63, 3.8) is 0 Å². The number of esters is 1. The van der Waals surface area contributed by atoms with Gasteiger partial charge in [-0.15, -0.1) is 11.8 Å². The fraction of sp³-hybridized carbons (Fsp3) is 0.263. The Bertz CT molecular complexity index is 856. The van der Waals surface area contributed by atoms with E-state index in [4.69, 9.17) is 4.74 Å². The van der Waals surface area contributed by atoms with Gasteiger partial charge in [-0.25, -0.2) is 4.98 Å². The zero-order chi connectivity index (χ0) is 18.7. The summed E-state index contributed by atoms with van der Waals surface area (Å²) in [5, 5.41) is 0. The largest absolute Gasteiger partial charge is 0.465 e. The molecule has 0 saturated heterocycles. The van der Waals surface area contributed by atoms with Crippen LogP contribution in [0.15, 0.2) is 48.7 Å². The average molecular weight is 370 g/mol. The van der Waals surface area contributed by atoms with E-state index < -0.39 is 10.7 Å². The lowest BCUT2D eigenvalue weighted by atomic mass is 9.97. The van der Waals surface area contributed by atoms with Crippen LogP contribution in [0.4, 0.5) is 11.5 Å². The fourth-order valence-corrected chi connectivity index (χ4v) is 4.20. The van der Waals surface area contributed by atoms with Gasteiger partial charge in [-0.2, -0.15) is 0 Å². The van der Waals surface area contributed by atoms with Gasteiger partial charge < -0.3 is 4.74 Å². The molecule has 0 aliphatic carbocycles. The predicted molar refractivity (Wildman–Crippen MR) is 99.3 cm³/mol. The summed E-state index contributed by atoms with van der Waals surface area (Å²) in [6.45, 7) is 2.85. The normalized spacial score (nSPS) is 18.5. The first-order valence-corrected chi connectivity index (χ1v) is 9.10. The van der Waals surface area contributed by atoms with Crippen LogP contribution in [-0.4, -0.2) is 35.0 Å². The highest BCUT2D eigenvalue weighted by molar-refractivity contribution is 8.01. The zero-order valence-electron chi connectivity index (χ0n) is 14.5. The number of hydrogen-bond donors (Lipinski definition) is 0. The molecule has 2 heterocycles. The minimum Gasteiger partial charge on any atom is -0.465 e. The first-order valence-electron chi connectivity index (χ1n) is 8.12. The van der Waals surface area contributed by atoms with E-state index in [0.29, 0.717) is 22.8 Å². The molecule has 1 atom stereocenters. The van der Waals surface area contributed by atoms with Crippen LogP contribution in [-0.2, 0) is 23.9 Å². The number of amides is 1. The molecule has 3 rings (SSSR count). The Balaban J connectivity index is 2.03. The van der Waals surface area contributed by atoms with Gasteiger partial charge in [0.2, 0.25) is 0 Å². The number of Topliss-reactive ketones (excluding diaryl/α,β-unsaturated/α-hetero) is 1. The Hall–Kier alpha value is -2.67. The molecular weight excluding hydrogens is 352 g/mol. The third kappa shape index (κ3) is 2.99. The number of carbonyl (C=O) groups is 3. The number of rotatable bonds is 6. The number of ether oxygens (including phenoxy) is 1. The first kappa shape index (κ1) is 18.1. The van der Waals surface area contributed by atoms with Crippen LogP contribution in [0, 0.1) is 0 Å². The lowest BCUT2D eigenvalue weighted by molar-refractivity contribution is -0.140. The van der Waals surface area contributed by atoms with E-state index in [1.807, 2.05) is 18.2 Å². The summed E-state index contributed by atoms with van der Waals surface area (Å²) in [6, 6.07) is 12.6. The van der Waals surface area contributed by atoms with Gasteiger partial charge in [0.25, 0.3) is 5.91 Å². The number of para-hydroxylation sites is 1. The van der Waals surface area contributed by atoms with Gasteiger partial charge >= 0.3 is 5.97 Å². The third-order valence-corrected chi connectivity index (χ3v) is 5.59. The lowest BCUT2D eigenvalue weighted by Crippen LogP contribution is -2.41. The molecule has 7 heteroatoms. The molecule has 1 aliphatic heterocycles. The summed E-state index contributed by atoms with van der Waals surface area (Å²) in [4.78, 5) is 42.8. The van der Waals surface area contributed by atoms with Gasteiger partial charge in [0, 0.05) is 24.4 Å². The molecule has 0 spiro atoms. The number of anilines is 2. The minimum absolute atomic E-state index is 0.128. The first-order chi connectivity index (χ1) is 12.5. The molecular formula is C19H18N2O4S. The summed E-state index contributed by atoms with van der Waals surface area (Å²) < 4.78 is 3.56. The number of nitrogens with zero attached hydrogens (tertiary/aromatic N) is 2. The van der Waals surface area contributed by atoms with Gasteiger partial charge in [0.1, 0.15) is 12.4 Å². The Morgan fingerprint density at radius 3 is 2.54 bits per heavy atom. The van der Waals surface area contributed by atoms with Crippen molar-refractivity contribution >= 4 is 40.9 Å². The fourth-order valence-electron chi connectivity index (χ4n) is 3.00. The minimum atomic E-state index is -1.39. The van der Waals surface area contributed by atoms with Gasteiger partial charge in [-0.3, -0.25) is 19.3 Å². The Kier molecular flexibility index (Phi) is 5.08. The number of fused-ring (bicyclic) bond motifs is 1. The molecule has 26 heavy (non-hydrogen) atoms. The van der Waals surface area contributed by atoms with E-state index in [1.165, 1.54) is 30.5 Å². The molecule has 0 radical (unpaired) electrons. The van der Waals surface area contributed by atoms with Crippen molar-refractivity contribution in [2.75, 3.05) is 17.3 Å². The van der Waals surface area contributed by atoms with Crippen molar-refractivity contribution in [3.05, 3.63) is 54.2 Å². The summed E-state index contributed by atoms with van der Waals surface area (Å²) in [5.74, 6) is -0.241. The monoisotopic (exact) mass is 370 g/mol. The molecule has 6 nitrogen and oxygen atoms in total. The maximum Gasteiger partial charge on any atom is 0.302 e. The van der Waals surface area contributed by atoms with Crippen LogP contribution in [0.5, 0.6) is 0 Å². The second-order valence-corrected chi connectivity index (χ2v) is 7.09. The van der Waals surface area contributed by atoms with Crippen molar-refractivity contribution in [2.24, 2.45) is 0 Å². The van der Waals surface area contributed by atoms with E-state index in [2.05, 4.69) is 4.98 Å². The molecule has 0 bridgehead atoms. The third-order valence-electron chi connectivity index (χ3n) is 4.10. The number of ketones is 1. The van der Waals surface area contributed by atoms with Gasteiger partial charge in [-0.05, 0) is 25.1 Å². The number of thioether (sulfide) groups is 1. The van der Waals surface area contributed by atoms with E-state index in [0.717, 1.165) is 0 Å². The zero-order valence-corrected chi connectivity index (χ0v) is 15.3. The highest BCUT2D eigenvalue weighted by Crippen LogP contribution is 2.50. The second kappa shape index (κ2) is 7.29. The summed E-state index contributed by atoms with van der Waals surface area (Å²) in [7, 11) is 0. The van der Waals surface area contributed by atoms with E-state index in [1.54, 1.807) is 30.5 Å². The van der Waals surface area contributed by atoms with Crippen LogP contribution in [0.2, 0.25) is 0 Å². The standard InChI is InChI=1S/C19H18N2O4S/c1-13(22)19(26-12-11-25-14(2)23)16-9-6-10-20-17(16)21(18(19)24)15-7-4-3-5-8-15/h3-10H,11-12H2,1-2H3. The quantitative estimate of drug-likeness (QED) is 0.442. The van der Waals surface area contributed by atoms with Gasteiger partial charge in [0.05, 0.1) is 5.69 Å². The predicted octanol–water partition coefficient (Wildman–Crippen LogP) is 2.84. The topological polar surface area (TPSA) is 76.6 Å². The van der Waals surface area contributed by atoms with E-state index >= 15 is 0 Å². The highest BCUT2D eigenvalue weighted by atomic mass is 32.2. The Morgan fingerprint density at radius 1 is 1.15 bits per heavy atom. The number of aromatic nitrogens is 1. The summed E-state index contributed by atoms with van der Waals surface area (Å²) >= 11 is 1.17. The van der Waals surface area contributed by atoms with E-state index in [-0.39, 0.29) is 18.3 Å². The maximum atomic E-state index is 13.4. The van der Waals surface area contributed by atoms with Crippen LogP contribution in [0.25, 0.3) is 0 Å².